The molecule has 0 radical (unpaired) electrons. The molecular weight excluding hydrogens is 174 g/mol. The SMILES string of the molecule is Nc1ccnc(OCC(O)CO)n1. The summed E-state index contributed by atoms with van der Waals surface area (Å²) in [5, 5.41) is 17.4. The van der Waals surface area contributed by atoms with Crippen molar-refractivity contribution in [3.05, 3.63) is 12.3 Å². The summed E-state index contributed by atoms with van der Waals surface area (Å²) in [7, 11) is 0. The zero-order valence-electron chi connectivity index (χ0n) is 6.92. The van der Waals surface area contributed by atoms with Crippen LogP contribution in [0.5, 0.6) is 6.01 Å². The van der Waals surface area contributed by atoms with Gasteiger partial charge in [-0.15, -0.1) is 0 Å². The molecular formula is C7H11N3O3. The quantitative estimate of drug-likeness (QED) is 0.544. The number of rotatable bonds is 4. The third-order valence-electron chi connectivity index (χ3n) is 1.27. The molecule has 0 saturated heterocycles. The maximum absolute atomic E-state index is 8.93. The van der Waals surface area contributed by atoms with Crippen LogP contribution in [0.1, 0.15) is 0 Å². The molecule has 6 heteroatoms. The van der Waals surface area contributed by atoms with Crippen molar-refractivity contribution < 1.29 is 14.9 Å². The van der Waals surface area contributed by atoms with Crippen LogP contribution < -0.4 is 10.5 Å². The van der Waals surface area contributed by atoms with Crippen molar-refractivity contribution in [3.8, 4) is 6.01 Å². The number of nitrogen functional groups attached to an aromatic ring is 1. The average molecular weight is 185 g/mol. The van der Waals surface area contributed by atoms with Crippen LogP contribution in [0.3, 0.4) is 0 Å². The Bertz CT molecular complexity index is 269. The summed E-state index contributed by atoms with van der Waals surface area (Å²) in [6.07, 6.45) is 0.522. The Hall–Kier alpha value is -1.40. The predicted octanol–water partition coefficient (Wildman–Crippen LogP) is -1.21. The summed E-state index contributed by atoms with van der Waals surface area (Å²) in [5.74, 6) is 0.295. The number of aliphatic hydroxyl groups excluding tert-OH is 2. The number of nitrogens with two attached hydrogens (primary N) is 1. The van der Waals surface area contributed by atoms with Crippen LogP contribution in [0.15, 0.2) is 12.3 Å². The molecule has 6 nitrogen and oxygen atoms in total. The zero-order chi connectivity index (χ0) is 9.68. The molecule has 0 aromatic carbocycles. The Kier molecular flexibility index (Phi) is 3.41. The summed E-state index contributed by atoms with van der Waals surface area (Å²) in [6.45, 7) is -0.414. The maximum atomic E-state index is 8.93. The van der Waals surface area contributed by atoms with Crippen molar-refractivity contribution in [1.29, 1.82) is 0 Å². The highest BCUT2D eigenvalue weighted by Crippen LogP contribution is 2.03. The summed E-state index contributed by atoms with van der Waals surface area (Å²) in [5.41, 5.74) is 5.35. The molecule has 4 N–H and O–H groups in total. The van der Waals surface area contributed by atoms with Gasteiger partial charge >= 0.3 is 6.01 Å². The van der Waals surface area contributed by atoms with Gasteiger partial charge < -0.3 is 20.7 Å². The summed E-state index contributed by atoms with van der Waals surface area (Å²) >= 11 is 0. The lowest BCUT2D eigenvalue weighted by Gasteiger charge is -2.07. The molecule has 0 spiro atoms. The fraction of sp³-hybridized carbons (Fsp3) is 0.429. The van der Waals surface area contributed by atoms with Gasteiger partial charge in [0.1, 0.15) is 18.5 Å². The van der Waals surface area contributed by atoms with Crippen molar-refractivity contribution in [1.82, 2.24) is 9.97 Å². The monoisotopic (exact) mass is 185 g/mol. The lowest BCUT2D eigenvalue weighted by atomic mass is 10.4. The van der Waals surface area contributed by atoms with Gasteiger partial charge in [-0.1, -0.05) is 0 Å². The minimum absolute atomic E-state index is 0.0556. The third kappa shape index (κ3) is 3.22. The highest BCUT2D eigenvalue weighted by Gasteiger charge is 2.04. The number of hydrogen-bond donors (Lipinski definition) is 3. The van der Waals surface area contributed by atoms with Crippen LogP contribution >= 0.6 is 0 Å². The molecule has 0 aliphatic rings. The van der Waals surface area contributed by atoms with E-state index in [1.54, 1.807) is 0 Å². The van der Waals surface area contributed by atoms with E-state index >= 15 is 0 Å². The average Bonchev–Trinajstić information content (AvgIpc) is 2.14. The molecule has 0 aliphatic carbocycles. The van der Waals surface area contributed by atoms with Gasteiger partial charge in [0.25, 0.3) is 0 Å². The highest BCUT2D eigenvalue weighted by molar-refractivity contribution is 5.26. The molecule has 1 unspecified atom stereocenters. The van der Waals surface area contributed by atoms with Gasteiger partial charge in [0.05, 0.1) is 6.61 Å². The Morgan fingerprint density at radius 2 is 2.38 bits per heavy atom. The molecule has 0 aliphatic heterocycles. The van der Waals surface area contributed by atoms with Crippen molar-refractivity contribution in [3.63, 3.8) is 0 Å². The van der Waals surface area contributed by atoms with E-state index in [0.717, 1.165) is 0 Å². The first-order chi connectivity index (χ1) is 6.22. The lowest BCUT2D eigenvalue weighted by Crippen LogP contribution is -2.22. The molecule has 0 fully saturated rings. The van der Waals surface area contributed by atoms with Gasteiger partial charge in [-0.3, -0.25) is 0 Å². The van der Waals surface area contributed by atoms with E-state index in [9.17, 15) is 0 Å². The summed E-state index contributed by atoms with van der Waals surface area (Å²) in [6, 6.07) is 1.61. The Balaban J connectivity index is 2.45. The van der Waals surface area contributed by atoms with Crippen molar-refractivity contribution in [2.45, 2.75) is 6.10 Å². The maximum Gasteiger partial charge on any atom is 0.318 e. The molecule has 0 bridgehead atoms. The molecule has 13 heavy (non-hydrogen) atoms. The number of aliphatic hydroxyl groups is 2. The first kappa shape index (κ1) is 9.69. The van der Waals surface area contributed by atoms with Gasteiger partial charge in [0, 0.05) is 6.20 Å². The minimum atomic E-state index is -0.926. The van der Waals surface area contributed by atoms with Crippen LogP contribution in [0.4, 0.5) is 5.82 Å². The van der Waals surface area contributed by atoms with Crippen molar-refractivity contribution in [2.75, 3.05) is 18.9 Å². The Morgan fingerprint density at radius 3 is 3.00 bits per heavy atom. The zero-order valence-corrected chi connectivity index (χ0v) is 6.92. The number of nitrogens with zero attached hydrogens (tertiary/aromatic N) is 2. The second-order valence-corrected chi connectivity index (χ2v) is 2.41. The molecule has 72 valence electrons. The Labute approximate surface area is 75.0 Å². The first-order valence-corrected chi connectivity index (χ1v) is 3.72. The van der Waals surface area contributed by atoms with Crippen LogP contribution in [0.2, 0.25) is 0 Å². The van der Waals surface area contributed by atoms with Crippen LogP contribution in [-0.2, 0) is 0 Å². The fourth-order valence-electron chi connectivity index (χ4n) is 0.647. The normalized spacial score (nSPS) is 12.5. The van der Waals surface area contributed by atoms with E-state index in [-0.39, 0.29) is 19.2 Å². The minimum Gasteiger partial charge on any atom is -0.461 e. The first-order valence-electron chi connectivity index (χ1n) is 3.72. The van der Waals surface area contributed by atoms with Gasteiger partial charge in [0.2, 0.25) is 0 Å². The van der Waals surface area contributed by atoms with Gasteiger partial charge in [0.15, 0.2) is 0 Å². The lowest BCUT2D eigenvalue weighted by molar-refractivity contribution is 0.0505. The molecule has 1 aromatic rings. The number of anilines is 1. The van der Waals surface area contributed by atoms with E-state index < -0.39 is 6.10 Å². The smallest absolute Gasteiger partial charge is 0.318 e. The van der Waals surface area contributed by atoms with Crippen LogP contribution in [0, 0.1) is 0 Å². The van der Waals surface area contributed by atoms with E-state index in [1.807, 2.05) is 0 Å². The van der Waals surface area contributed by atoms with E-state index in [2.05, 4.69) is 9.97 Å². The number of hydrogen-bond acceptors (Lipinski definition) is 6. The van der Waals surface area contributed by atoms with Gasteiger partial charge in [-0.05, 0) is 6.07 Å². The van der Waals surface area contributed by atoms with E-state index in [1.165, 1.54) is 12.3 Å². The largest absolute Gasteiger partial charge is 0.461 e. The second-order valence-electron chi connectivity index (χ2n) is 2.41. The van der Waals surface area contributed by atoms with Crippen LogP contribution in [0.25, 0.3) is 0 Å². The summed E-state index contributed by atoms with van der Waals surface area (Å²) in [4.78, 5) is 7.47. The Morgan fingerprint density at radius 1 is 1.62 bits per heavy atom. The number of aromatic nitrogens is 2. The van der Waals surface area contributed by atoms with E-state index in [0.29, 0.717) is 5.82 Å². The predicted molar refractivity (Wildman–Crippen MR) is 45.0 cm³/mol. The standard InChI is InChI=1S/C7H11N3O3/c8-6-1-2-9-7(10-6)13-4-5(12)3-11/h1-2,5,11-12H,3-4H2,(H2,8,9,10). The molecule has 1 atom stereocenters. The fourth-order valence-corrected chi connectivity index (χ4v) is 0.647. The van der Waals surface area contributed by atoms with Gasteiger partial charge in [-0.2, -0.15) is 4.98 Å². The molecule has 0 amide bonds. The number of ether oxygens (including phenoxy) is 1. The van der Waals surface area contributed by atoms with Crippen molar-refractivity contribution in [2.24, 2.45) is 0 Å². The topological polar surface area (TPSA) is 101 Å². The van der Waals surface area contributed by atoms with Gasteiger partial charge in [-0.25, -0.2) is 4.98 Å². The molecule has 1 aromatic heterocycles. The molecule has 1 rings (SSSR count). The van der Waals surface area contributed by atoms with E-state index in [4.69, 9.17) is 20.7 Å². The third-order valence-corrected chi connectivity index (χ3v) is 1.27. The highest BCUT2D eigenvalue weighted by atomic mass is 16.5. The molecule has 1 heterocycles. The van der Waals surface area contributed by atoms with Crippen molar-refractivity contribution >= 4 is 5.82 Å². The van der Waals surface area contributed by atoms with Crippen LogP contribution in [-0.4, -0.2) is 39.5 Å². The summed E-state index contributed by atoms with van der Waals surface area (Å²) < 4.78 is 4.93. The second kappa shape index (κ2) is 4.58. The molecule has 0 saturated carbocycles.